The van der Waals surface area contributed by atoms with Crippen molar-refractivity contribution in [2.24, 2.45) is 0 Å². The second-order valence-electron chi connectivity index (χ2n) is 4.10. The van der Waals surface area contributed by atoms with E-state index in [1.165, 1.54) is 13.2 Å². The molecule has 1 heterocycles. The Morgan fingerprint density at radius 2 is 2.24 bits per heavy atom. The van der Waals surface area contributed by atoms with Gasteiger partial charge < -0.3 is 15.8 Å². The van der Waals surface area contributed by atoms with Crippen LogP contribution in [0.15, 0.2) is 24.3 Å². The quantitative estimate of drug-likeness (QED) is 0.848. The van der Waals surface area contributed by atoms with E-state index in [0.717, 1.165) is 11.3 Å². The molecular weight excluding hydrogens is 293 g/mol. The summed E-state index contributed by atoms with van der Waals surface area (Å²) in [5, 5.41) is 12.5. The number of rotatable bonds is 4. The molecule has 0 unspecified atom stereocenters. The summed E-state index contributed by atoms with van der Waals surface area (Å²) in [6.07, 6.45) is 0. The number of nitrogen functional groups attached to an aromatic ring is 1. The second-order valence-corrected chi connectivity index (χ2v) is 5.12. The number of ether oxygens (including phenoxy) is 1. The smallest absolute Gasteiger partial charge is 0.350 e. The van der Waals surface area contributed by atoms with Crippen molar-refractivity contribution in [3.05, 3.63) is 46.1 Å². The number of halogens is 1. The van der Waals surface area contributed by atoms with E-state index in [1.54, 1.807) is 18.2 Å². The molecule has 0 aliphatic carbocycles. The van der Waals surface area contributed by atoms with Crippen LogP contribution in [0.1, 0.15) is 20.8 Å². The molecule has 1 aromatic carbocycles. The van der Waals surface area contributed by atoms with Gasteiger partial charge in [0.05, 0.1) is 12.8 Å². The maximum absolute atomic E-state index is 13.5. The zero-order valence-corrected chi connectivity index (χ0v) is 12.0. The fourth-order valence-corrected chi connectivity index (χ4v) is 2.73. The van der Waals surface area contributed by atoms with Crippen molar-refractivity contribution in [1.82, 2.24) is 0 Å². The molecule has 108 valence electrons. The van der Waals surface area contributed by atoms with E-state index >= 15 is 0 Å². The summed E-state index contributed by atoms with van der Waals surface area (Å²) >= 11 is 1.01. The minimum absolute atomic E-state index is 0.0744. The number of anilines is 2. The minimum Gasteiger partial charge on any atom is -0.465 e. The van der Waals surface area contributed by atoms with Crippen LogP contribution >= 0.6 is 11.3 Å². The van der Waals surface area contributed by atoms with Crippen LogP contribution in [-0.2, 0) is 11.3 Å². The number of methoxy groups -OCH3 is 1. The van der Waals surface area contributed by atoms with Gasteiger partial charge in [-0.15, -0.1) is 11.3 Å². The molecule has 2 rings (SSSR count). The molecule has 7 heteroatoms. The Morgan fingerprint density at radius 1 is 1.52 bits per heavy atom. The molecule has 0 radical (unpaired) electrons. The van der Waals surface area contributed by atoms with Crippen molar-refractivity contribution in [2.75, 3.05) is 18.2 Å². The molecule has 0 aliphatic heterocycles. The molecule has 3 N–H and O–H groups in total. The summed E-state index contributed by atoms with van der Waals surface area (Å²) in [4.78, 5) is 11.7. The highest BCUT2D eigenvalue weighted by Gasteiger charge is 2.21. The Kier molecular flexibility index (Phi) is 4.40. The molecule has 2 aromatic rings. The maximum Gasteiger partial charge on any atom is 0.350 e. The highest BCUT2D eigenvalue weighted by molar-refractivity contribution is 7.18. The van der Waals surface area contributed by atoms with Crippen molar-refractivity contribution in [3.8, 4) is 6.07 Å². The molecule has 0 amide bonds. The number of nitriles is 1. The summed E-state index contributed by atoms with van der Waals surface area (Å²) in [6.45, 7) is 0.182. The third-order valence-corrected chi connectivity index (χ3v) is 3.97. The van der Waals surface area contributed by atoms with Gasteiger partial charge in [-0.25, -0.2) is 9.18 Å². The largest absolute Gasteiger partial charge is 0.465 e. The zero-order valence-electron chi connectivity index (χ0n) is 11.1. The van der Waals surface area contributed by atoms with Gasteiger partial charge in [-0.05, 0) is 6.07 Å². The van der Waals surface area contributed by atoms with Crippen LogP contribution in [0.25, 0.3) is 0 Å². The molecular formula is C14H12FN3O2S. The molecule has 21 heavy (non-hydrogen) atoms. The first-order valence-electron chi connectivity index (χ1n) is 5.96. The molecule has 0 saturated carbocycles. The number of hydrogen-bond acceptors (Lipinski definition) is 6. The number of nitrogens with two attached hydrogens (primary N) is 1. The average Bonchev–Trinajstić information content (AvgIpc) is 2.81. The number of esters is 1. The first-order chi connectivity index (χ1) is 10.1. The molecule has 1 aromatic heterocycles. The van der Waals surface area contributed by atoms with Gasteiger partial charge in [0.25, 0.3) is 0 Å². The number of carbonyl (C=O) groups excluding carboxylic acids is 1. The van der Waals surface area contributed by atoms with Crippen LogP contribution in [0.3, 0.4) is 0 Å². The first-order valence-corrected chi connectivity index (χ1v) is 6.78. The van der Waals surface area contributed by atoms with Crippen molar-refractivity contribution >= 4 is 28.0 Å². The van der Waals surface area contributed by atoms with E-state index in [2.05, 4.69) is 10.1 Å². The van der Waals surface area contributed by atoms with Gasteiger partial charge in [0.2, 0.25) is 0 Å². The Bertz CT molecular complexity index is 721. The van der Waals surface area contributed by atoms with Crippen LogP contribution < -0.4 is 11.1 Å². The fraction of sp³-hybridized carbons (Fsp3) is 0.143. The summed E-state index contributed by atoms with van der Waals surface area (Å²) in [7, 11) is 1.24. The summed E-state index contributed by atoms with van der Waals surface area (Å²) in [5.41, 5.74) is 6.45. The van der Waals surface area contributed by atoms with Gasteiger partial charge in [-0.3, -0.25) is 0 Å². The summed E-state index contributed by atoms with van der Waals surface area (Å²) in [5.74, 6) is -0.950. The van der Waals surface area contributed by atoms with E-state index < -0.39 is 5.97 Å². The monoisotopic (exact) mass is 305 g/mol. The topological polar surface area (TPSA) is 88.1 Å². The summed E-state index contributed by atoms with van der Waals surface area (Å²) in [6, 6.07) is 8.23. The van der Waals surface area contributed by atoms with Crippen molar-refractivity contribution in [3.63, 3.8) is 0 Å². The molecule has 0 atom stereocenters. The molecule has 0 fully saturated rings. The standard InChI is InChI=1S/C14H12FN3O2S/c1-20-14(19)12-11(17)9(6-16)13(21-12)18-7-8-4-2-3-5-10(8)15/h2-5,18H,7,17H2,1H3. The lowest BCUT2D eigenvalue weighted by atomic mass is 10.2. The van der Waals surface area contributed by atoms with E-state index in [0.29, 0.717) is 10.6 Å². The Balaban J connectivity index is 2.27. The lowest BCUT2D eigenvalue weighted by molar-refractivity contribution is 0.0607. The van der Waals surface area contributed by atoms with Crippen molar-refractivity contribution in [1.29, 1.82) is 5.26 Å². The Labute approximate surface area is 124 Å². The second kappa shape index (κ2) is 6.24. The number of nitrogens with one attached hydrogen (secondary N) is 1. The van der Waals surface area contributed by atoms with Crippen molar-refractivity contribution < 1.29 is 13.9 Å². The maximum atomic E-state index is 13.5. The SMILES string of the molecule is COC(=O)c1sc(NCc2ccccc2F)c(C#N)c1N. The predicted molar refractivity (Wildman–Crippen MR) is 78.5 cm³/mol. The molecule has 0 aliphatic rings. The van der Waals surface area contributed by atoms with Crippen LogP contribution in [0.4, 0.5) is 15.1 Å². The molecule has 0 saturated heterocycles. The van der Waals surface area contributed by atoms with E-state index in [1.807, 2.05) is 6.07 Å². The number of benzene rings is 1. The number of thiophene rings is 1. The first kappa shape index (κ1) is 14.8. The van der Waals surface area contributed by atoms with Gasteiger partial charge in [-0.1, -0.05) is 18.2 Å². The molecule has 5 nitrogen and oxygen atoms in total. The zero-order chi connectivity index (χ0) is 15.4. The minimum atomic E-state index is -0.604. The normalized spacial score (nSPS) is 9.95. The lowest BCUT2D eigenvalue weighted by Gasteiger charge is -2.05. The Hall–Kier alpha value is -2.59. The van der Waals surface area contributed by atoms with E-state index in [4.69, 9.17) is 11.0 Å². The lowest BCUT2D eigenvalue weighted by Crippen LogP contribution is -2.02. The molecule has 0 bridgehead atoms. The highest BCUT2D eigenvalue weighted by Crippen LogP contribution is 2.35. The summed E-state index contributed by atoms with van der Waals surface area (Å²) < 4.78 is 18.1. The predicted octanol–water partition coefficient (Wildman–Crippen LogP) is 2.74. The number of hydrogen-bond donors (Lipinski definition) is 2. The number of nitrogens with zero attached hydrogens (tertiary/aromatic N) is 1. The third-order valence-electron chi connectivity index (χ3n) is 2.82. The van der Waals surface area contributed by atoms with E-state index in [-0.39, 0.29) is 28.5 Å². The van der Waals surface area contributed by atoms with E-state index in [9.17, 15) is 9.18 Å². The highest BCUT2D eigenvalue weighted by atomic mass is 32.1. The van der Waals surface area contributed by atoms with Crippen LogP contribution in [0.2, 0.25) is 0 Å². The number of carbonyl (C=O) groups is 1. The van der Waals surface area contributed by atoms with Crippen LogP contribution in [-0.4, -0.2) is 13.1 Å². The average molecular weight is 305 g/mol. The van der Waals surface area contributed by atoms with Gasteiger partial charge in [0.1, 0.15) is 27.3 Å². The van der Waals surface area contributed by atoms with Gasteiger partial charge in [0.15, 0.2) is 0 Å². The Morgan fingerprint density at radius 3 is 2.86 bits per heavy atom. The molecule has 0 spiro atoms. The van der Waals surface area contributed by atoms with Crippen LogP contribution in [0.5, 0.6) is 0 Å². The van der Waals surface area contributed by atoms with Crippen LogP contribution in [0, 0.1) is 17.1 Å². The fourth-order valence-electron chi connectivity index (χ4n) is 1.74. The van der Waals surface area contributed by atoms with Crippen molar-refractivity contribution in [2.45, 2.75) is 6.54 Å². The van der Waals surface area contributed by atoms with Gasteiger partial charge in [-0.2, -0.15) is 5.26 Å². The van der Waals surface area contributed by atoms with Gasteiger partial charge >= 0.3 is 5.97 Å². The third kappa shape index (κ3) is 2.95. The van der Waals surface area contributed by atoms with Gasteiger partial charge in [0, 0.05) is 12.1 Å².